The first-order valence-corrected chi connectivity index (χ1v) is 13.8. The third-order valence-electron chi connectivity index (χ3n) is 8.32. The van der Waals surface area contributed by atoms with E-state index in [2.05, 4.69) is 6.58 Å². The zero-order valence-corrected chi connectivity index (χ0v) is 24.1. The summed E-state index contributed by atoms with van der Waals surface area (Å²) >= 11 is 0. The molecule has 2 atom stereocenters. The van der Waals surface area contributed by atoms with Gasteiger partial charge in [-0.25, -0.2) is 4.79 Å². The van der Waals surface area contributed by atoms with Gasteiger partial charge in [0.2, 0.25) is 0 Å². The fourth-order valence-corrected chi connectivity index (χ4v) is 5.51. The number of hydrogen-bond acceptors (Lipinski definition) is 5. The van der Waals surface area contributed by atoms with Crippen LogP contribution in [0.1, 0.15) is 66.4 Å². The molecule has 3 aromatic rings. The summed E-state index contributed by atoms with van der Waals surface area (Å²) in [5.74, 6) is 0.507. The Kier molecular flexibility index (Phi) is 7.94. The van der Waals surface area contributed by atoms with Crippen LogP contribution in [-0.2, 0) is 29.0 Å². The molecular formula is C32H30F6N2O4. The number of amides is 1. The van der Waals surface area contributed by atoms with Gasteiger partial charge in [-0.2, -0.15) is 26.3 Å². The number of rotatable bonds is 8. The van der Waals surface area contributed by atoms with Crippen LogP contribution in [0.5, 0.6) is 5.75 Å². The van der Waals surface area contributed by atoms with E-state index in [-0.39, 0.29) is 24.6 Å². The average molecular weight is 621 g/mol. The summed E-state index contributed by atoms with van der Waals surface area (Å²) in [4.78, 5) is 19.1. The van der Waals surface area contributed by atoms with E-state index in [0.717, 1.165) is 18.4 Å². The van der Waals surface area contributed by atoms with Gasteiger partial charge in [-0.1, -0.05) is 18.7 Å². The second kappa shape index (κ2) is 11.1. The zero-order chi connectivity index (χ0) is 32.2. The van der Waals surface area contributed by atoms with Gasteiger partial charge in [0.1, 0.15) is 11.9 Å². The largest absolute Gasteiger partial charge is 0.496 e. The fraction of sp³-hybridized carbons (Fsp3) is 0.375. The van der Waals surface area contributed by atoms with Crippen molar-refractivity contribution in [2.24, 2.45) is 0 Å². The molecule has 2 heterocycles. The zero-order valence-electron chi connectivity index (χ0n) is 24.1. The number of nitrogens with zero attached hydrogens (tertiary/aromatic N) is 2. The topological polar surface area (TPSA) is 71.9 Å². The van der Waals surface area contributed by atoms with Crippen LogP contribution < -0.4 is 4.74 Å². The van der Waals surface area contributed by atoms with Crippen LogP contribution in [-0.4, -0.2) is 40.8 Å². The standard InChI is InChI=1S/C32H30F6N2O4/c1-17(2)25-7-6-23(24-14-20(5-8-27(24)43-4)30(16-41)9-10-30)26(39-25)15-40-18(3)28(44-29(40)42)19-11-21(31(33,34)35)13-22(12-19)32(36,37)38/h5-8,11-14,18,28,41H,1,9-10,15-16H2,2-4H3/t18-,28-/m0/s1. The lowest BCUT2D eigenvalue weighted by Crippen LogP contribution is -2.32. The van der Waals surface area contributed by atoms with Gasteiger partial charge >= 0.3 is 18.4 Å². The molecule has 2 fully saturated rings. The van der Waals surface area contributed by atoms with E-state index in [4.69, 9.17) is 14.5 Å². The van der Waals surface area contributed by atoms with Crippen molar-refractivity contribution in [1.29, 1.82) is 0 Å². The monoisotopic (exact) mass is 620 g/mol. The van der Waals surface area contributed by atoms with Crippen molar-refractivity contribution in [3.05, 3.63) is 88.8 Å². The summed E-state index contributed by atoms with van der Waals surface area (Å²) in [6.45, 7) is 6.98. The van der Waals surface area contributed by atoms with E-state index < -0.39 is 47.3 Å². The van der Waals surface area contributed by atoms with E-state index in [0.29, 0.717) is 46.0 Å². The molecule has 5 rings (SSSR count). The first-order valence-electron chi connectivity index (χ1n) is 13.8. The molecule has 0 radical (unpaired) electrons. The maximum absolute atomic E-state index is 13.5. The number of alkyl halides is 6. The van der Waals surface area contributed by atoms with Crippen LogP contribution in [0, 0.1) is 0 Å². The molecule has 0 bridgehead atoms. The highest BCUT2D eigenvalue weighted by Gasteiger charge is 2.45. The Morgan fingerprint density at radius 1 is 1.05 bits per heavy atom. The van der Waals surface area contributed by atoms with E-state index in [1.54, 1.807) is 25.1 Å². The molecular weight excluding hydrogens is 590 g/mol. The molecule has 1 saturated carbocycles. The minimum Gasteiger partial charge on any atom is -0.496 e. The maximum Gasteiger partial charge on any atom is 0.416 e. The van der Waals surface area contributed by atoms with Crippen molar-refractivity contribution in [3.8, 4) is 16.9 Å². The number of aliphatic hydroxyl groups is 1. The lowest BCUT2D eigenvalue weighted by Gasteiger charge is -2.24. The van der Waals surface area contributed by atoms with Crippen molar-refractivity contribution in [1.82, 2.24) is 9.88 Å². The molecule has 0 unspecified atom stereocenters. The second-order valence-corrected chi connectivity index (χ2v) is 11.3. The number of carbonyl (C=O) groups is 1. The smallest absolute Gasteiger partial charge is 0.416 e. The Morgan fingerprint density at radius 3 is 2.20 bits per heavy atom. The van der Waals surface area contributed by atoms with Crippen LogP contribution in [0.4, 0.5) is 31.1 Å². The molecule has 2 aliphatic rings. The minimum absolute atomic E-state index is 0.0252. The third kappa shape index (κ3) is 5.87. The number of ether oxygens (including phenoxy) is 2. The Balaban J connectivity index is 1.55. The number of carbonyl (C=O) groups excluding carboxylic acids is 1. The molecule has 1 amide bonds. The Labute approximate surface area is 249 Å². The quantitative estimate of drug-likeness (QED) is 0.259. The SMILES string of the molecule is C=C(C)c1ccc(-c2cc(C3(CO)CC3)ccc2OC)c(CN2C(=O)O[C@H](c3cc(C(F)(F)F)cc(C(F)(F)F)c3)[C@@H]2C)n1. The Morgan fingerprint density at radius 2 is 1.68 bits per heavy atom. The van der Waals surface area contributed by atoms with E-state index in [1.165, 1.54) is 18.9 Å². The van der Waals surface area contributed by atoms with Crippen molar-refractivity contribution >= 4 is 11.7 Å². The van der Waals surface area contributed by atoms with Gasteiger partial charge < -0.3 is 14.6 Å². The summed E-state index contributed by atoms with van der Waals surface area (Å²) in [5.41, 5.74) is -0.0826. The molecule has 1 saturated heterocycles. The van der Waals surface area contributed by atoms with Crippen LogP contribution in [0.15, 0.2) is 55.1 Å². The van der Waals surface area contributed by atoms with Gasteiger partial charge in [-0.15, -0.1) is 0 Å². The van der Waals surface area contributed by atoms with Crippen molar-refractivity contribution in [2.75, 3.05) is 13.7 Å². The molecule has 6 nitrogen and oxygen atoms in total. The van der Waals surface area contributed by atoms with Crippen molar-refractivity contribution in [3.63, 3.8) is 0 Å². The minimum atomic E-state index is -5.05. The van der Waals surface area contributed by atoms with Crippen LogP contribution in [0.2, 0.25) is 0 Å². The Bertz CT molecular complexity index is 1580. The fourth-order valence-electron chi connectivity index (χ4n) is 5.51. The number of cyclic esters (lactones) is 1. The first kappa shape index (κ1) is 31.4. The number of allylic oxidation sites excluding steroid dienone is 1. The van der Waals surface area contributed by atoms with Gasteiger partial charge in [0.25, 0.3) is 0 Å². The highest BCUT2D eigenvalue weighted by atomic mass is 19.4. The number of aliphatic hydroxyl groups excluding tert-OH is 1. The number of methoxy groups -OCH3 is 1. The number of halogens is 6. The van der Waals surface area contributed by atoms with Gasteiger partial charge in [0.05, 0.1) is 48.8 Å². The molecule has 2 aromatic carbocycles. The van der Waals surface area contributed by atoms with Gasteiger partial charge in [-0.05, 0) is 79.8 Å². The van der Waals surface area contributed by atoms with Crippen LogP contribution in [0.25, 0.3) is 16.7 Å². The molecule has 0 spiro atoms. The third-order valence-corrected chi connectivity index (χ3v) is 8.32. The highest BCUT2D eigenvalue weighted by Crippen LogP contribution is 2.50. The molecule has 12 heteroatoms. The number of aromatic nitrogens is 1. The lowest BCUT2D eigenvalue weighted by atomic mass is 9.91. The molecule has 44 heavy (non-hydrogen) atoms. The summed E-state index contributed by atoms with van der Waals surface area (Å²) in [7, 11) is 1.50. The average Bonchev–Trinajstić information content (AvgIpc) is 3.72. The van der Waals surface area contributed by atoms with E-state index in [9.17, 15) is 36.2 Å². The molecule has 1 aromatic heterocycles. The predicted octanol–water partition coefficient (Wildman–Crippen LogP) is 7.93. The van der Waals surface area contributed by atoms with E-state index in [1.807, 2.05) is 12.1 Å². The molecule has 1 N–H and O–H groups in total. The molecule has 234 valence electrons. The lowest BCUT2D eigenvalue weighted by molar-refractivity contribution is -0.143. The molecule has 1 aliphatic carbocycles. The maximum atomic E-state index is 13.5. The summed E-state index contributed by atoms with van der Waals surface area (Å²) in [6.07, 6.45) is -10.8. The highest BCUT2D eigenvalue weighted by molar-refractivity contribution is 5.76. The van der Waals surface area contributed by atoms with Gasteiger partial charge in [0.15, 0.2) is 0 Å². The van der Waals surface area contributed by atoms with Gasteiger partial charge in [0, 0.05) is 16.5 Å². The first-order chi connectivity index (χ1) is 20.6. The normalized spacial score (nSPS) is 19.6. The number of pyridine rings is 1. The van der Waals surface area contributed by atoms with E-state index >= 15 is 0 Å². The van der Waals surface area contributed by atoms with Crippen LogP contribution in [0.3, 0.4) is 0 Å². The number of benzene rings is 2. The predicted molar refractivity (Wildman–Crippen MR) is 150 cm³/mol. The van der Waals surface area contributed by atoms with Gasteiger partial charge in [-0.3, -0.25) is 9.88 Å². The second-order valence-electron chi connectivity index (χ2n) is 11.3. The van der Waals surface area contributed by atoms with Crippen LogP contribution >= 0.6 is 0 Å². The van der Waals surface area contributed by atoms with Crippen molar-refractivity contribution < 1.29 is 45.7 Å². The van der Waals surface area contributed by atoms with Crippen molar-refractivity contribution in [2.45, 2.75) is 63.1 Å². The summed E-state index contributed by atoms with van der Waals surface area (Å²) in [6, 6.07) is 9.34. The molecule has 1 aliphatic heterocycles. The summed E-state index contributed by atoms with van der Waals surface area (Å²) in [5, 5.41) is 10.0. The Hall–Kier alpha value is -4.06. The summed E-state index contributed by atoms with van der Waals surface area (Å²) < 4.78 is 92.2. The number of hydrogen-bond donors (Lipinski definition) is 1.